The Morgan fingerprint density at radius 1 is 0.947 bits per heavy atom. The molecule has 0 radical (unpaired) electrons. The molecule has 0 aromatic carbocycles. The Labute approximate surface area is 227 Å². The van der Waals surface area contributed by atoms with Gasteiger partial charge in [0.15, 0.2) is 0 Å². The van der Waals surface area contributed by atoms with E-state index in [1.165, 1.54) is 0 Å². The van der Waals surface area contributed by atoms with Gasteiger partial charge in [0.25, 0.3) is 0 Å². The molecule has 4 rings (SSSR count). The van der Waals surface area contributed by atoms with Gasteiger partial charge in [-0.05, 0) is 100 Å². The van der Waals surface area contributed by atoms with Gasteiger partial charge in [0.05, 0.1) is 19.8 Å². The SMILES string of the molecule is CCOC(=O)OCCC[C@@H](C)[C@H]1CC[C@H]2[C@@H]3OC(=O)C[C@@H]4C[C@H](OC(=O)OCC)CC[C@]4(C)[C@H]3CC[C@]12C. The number of esters is 1. The molecular formula is C30H48O8. The predicted molar refractivity (Wildman–Crippen MR) is 140 cm³/mol. The molecule has 0 amide bonds. The second-order valence-corrected chi connectivity index (χ2v) is 12.7. The van der Waals surface area contributed by atoms with Crippen LogP contribution in [0.3, 0.4) is 0 Å². The zero-order chi connectivity index (χ0) is 27.5. The topological polar surface area (TPSA) is 97.4 Å². The Morgan fingerprint density at radius 2 is 1.63 bits per heavy atom. The highest BCUT2D eigenvalue weighted by molar-refractivity contribution is 5.70. The lowest BCUT2D eigenvalue weighted by Gasteiger charge is -2.55. The number of fused-ring (bicyclic) bond motifs is 5. The van der Waals surface area contributed by atoms with E-state index in [2.05, 4.69) is 20.8 Å². The highest BCUT2D eigenvalue weighted by atomic mass is 16.7. The average molecular weight is 537 g/mol. The Balaban J connectivity index is 1.41. The summed E-state index contributed by atoms with van der Waals surface area (Å²) < 4.78 is 26.9. The van der Waals surface area contributed by atoms with E-state index in [1.54, 1.807) is 13.8 Å². The monoisotopic (exact) mass is 536 g/mol. The van der Waals surface area contributed by atoms with E-state index in [-0.39, 0.29) is 34.9 Å². The molecule has 3 aliphatic carbocycles. The molecule has 38 heavy (non-hydrogen) atoms. The first-order chi connectivity index (χ1) is 18.1. The molecule has 8 heteroatoms. The van der Waals surface area contributed by atoms with E-state index < -0.39 is 12.3 Å². The van der Waals surface area contributed by atoms with Crippen molar-refractivity contribution in [2.75, 3.05) is 19.8 Å². The molecule has 0 unspecified atom stereocenters. The van der Waals surface area contributed by atoms with Gasteiger partial charge in [-0.25, -0.2) is 9.59 Å². The van der Waals surface area contributed by atoms with Gasteiger partial charge in [0.1, 0.15) is 12.2 Å². The molecule has 9 atom stereocenters. The Bertz CT molecular complexity index is 859. The fourth-order valence-corrected chi connectivity index (χ4v) is 8.82. The van der Waals surface area contributed by atoms with Gasteiger partial charge >= 0.3 is 18.3 Å². The van der Waals surface area contributed by atoms with Crippen molar-refractivity contribution in [1.82, 2.24) is 0 Å². The van der Waals surface area contributed by atoms with Crippen LogP contribution in [0, 0.1) is 40.4 Å². The molecule has 3 saturated carbocycles. The summed E-state index contributed by atoms with van der Waals surface area (Å²) in [5.41, 5.74) is 0.143. The van der Waals surface area contributed by atoms with Crippen LogP contribution in [0.5, 0.6) is 0 Å². The normalized spacial score (nSPS) is 38.9. The van der Waals surface area contributed by atoms with Gasteiger partial charge < -0.3 is 23.7 Å². The average Bonchev–Trinajstić information content (AvgIpc) is 3.16. The molecule has 0 spiro atoms. The molecule has 4 fully saturated rings. The number of hydrogen-bond acceptors (Lipinski definition) is 8. The van der Waals surface area contributed by atoms with E-state index in [4.69, 9.17) is 23.7 Å². The molecule has 0 aromatic heterocycles. The van der Waals surface area contributed by atoms with Gasteiger partial charge in [0.2, 0.25) is 0 Å². The lowest BCUT2D eigenvalue weighted by Crippen LogP contribution is -2.53. The Hall–Kier alpha value is -1.99. The van der Waals surface area contributed by atoms with Gasteiger partial charge in [-0.1, -0.05) is 20.8 Å². The minimum Gasteiger partial charge on any atom is -0.462 e. The van der Waals surface area contributed by atoms with Crippen LogP contribution in [-0.4, -0.2) is 50.3 Å². The van der Waals surface area contributed by atoms with Crippen molar-refractivity contribution in [2.45, 2.75) is 111 Å². The van der Waals surface area contributed by atoms with Crippen molar-refractivity contribution >= 4 is 18.3 Å². The zero-order valence-corrected chi connectivity index (χ0v) is 24.0. The largest absolute Gasteiger partial charge is 0.508 e. The van der Waals surface area contributed by atoms with Crippen LogP contribution in [0.25, 0.3) is 0 Å². The molecule has 1 heterocycles. The number of carbonyl (C=O) groups is 3. The molecule has 1 saturated heterocycles. The smallest absolute Gasteiger partial charge is 0.462 e. The van der Waals surface area contributed by atoms with Gasteiger partial charge in [-0.2, -0.15) is 0 Å². The Kier molecular flexibility index (Phi) is 9.18. The minimum absolute atomic E-state index is 0.000810. The molecular weight excluding hydrogens is 488 g/mol. The van der Waals surface area contributed by atoms with Crippen molar-refractivity contribution in [3.8, 4) is 0 Å². The van der Waals surface area contributed by atoms with E-state index in [9.17, 15) is 14.4 Å². The lowest BCUT2D eigenvalue weighted by atomic mass is 9.50. The van der Waals surface area contributed by atoms with Crippen molar-refractivity contribution in [3.05, 3.63) is 0 Å². The third kappa shape index (κ3) is 5.79. The standard InChI is InChI=1S/C30H48O8/c1-6-34-27(32)36-16-8-9-19(3)22-10-11-23-26-24(13-15-30(22,23)5)29(4)14-12-21(37-28(33)35-7-2)17-20(29)18-25(31)38-26/h19-24,26H,6-18H2,1-5H3/t19-,20+,21-,22-,23+,24+,26+,29+,30-/m1/s1. The van der Waals surface area contributed by atoms with Crippen molar-refractivity contribution in [3.63, 3.8) is 0 Å². The van der Waals surface area contributed by atoms with Crippen LogP contribution in [0.1, 0.15) is 98.8 Å². The van der Waals surface area contributed by atoms with Gasteiger partial charge in [0, 0.05) is 18.3 Å². The molecule has 0 N–H and O–H groups in total. The summed E-state index contributed by atoms with van der Waals surface area (Å²) in [7, 11) is 0. The third-order valence-electron chi connectivity index (χ3n) is 10.8. The summed E-state index contributed by atoms with van der Waals surface area (Å²) in [6.07, 6.45) is 7.68. The van der Waals surface area contributed by atoms with Crippen molar-refractivity contribution in [1.29, 1.82) is 0 Å². The fourth-order valence-electron chi connectivity index (χ4n) is 8.82. The summed E-state index contributed by atoms with van der Waals surface area (Å²) in [6, 6.07) is 0. The molecule has 1 aliphatic heterocycles. The molecule has 8 nitrogen and oxygen atoms in total. The van der Waals surface area contributed by atoms with E-state index in [0.717, 1.165) is 51.4 Å². The second kappa shape index (κ2) is 12.0. The number of rotatable bonds is 8. The number of carbonyl (C=O) groups excluding carboxylic acids is 3. The van der Waals surface area contributed by atoms with Crippen LogP contribution in [0.15, 0.2) is 0 Å². The molecule has 4 aliphatic rings. The summed E-state index contributed by atoms with van der Waals surface area (Å²) in [4.78, 5) is 36.6. The lowest BCUT2D eigenvalue weighted by molar-refractivity contribution is -0.166. The minimum atomic E-state index is -0.609. The van der Waals surface area contributed by atoms with Crippen LogP contribution < -0.4 is 0 Å². The van der Waals surface area contributed by atoms with E-state index >= 15 is 0 Å². The highest BCUT2D eigenvalue weighted by Gasteiger charge is 2.62. The zero-order valence-electron chi connectivity index (χ0n) is 24.0. The third-order valence-corrected chi connectivity index (χ3v) is 10.8. The first-order valence-corrected chi connectivity index (χ1v) is 14.9. The van der Waals surface area contributed by atoms with Gasteiger partial charge in [-0.15, -0.1) is 0 Å². The summed E-state index contributed by atoms with van der Waals surface area (Å²) in [5.74, 6) is 1.84. The fraction of sp³-hybridized carbons (Fsp3) is 0.900. The second-order valence-electron chi connectivity index (χ2n) is 12.7. The van der Waals surface area contributed by atoms with E-state index in [0.29, 0.717) is 56.3 Å². The maximum atomic E-state index is 13.1. The number of ether oxygens (including phenoxy) is 5. The van der Waals surface area contributed by atoms with Crippen molar-refractivity contribution < 1.29 is 38.1 Å². The maximum absolute atomic E-state index is 13.1. The van der Waals surface area contributed by atoms with Gasteiger partial charge in [-0.3, -0.25) is 4.79 Å². The summed E-state index contributed by atoms with van der Waals surface area (Å²) in [5, 5.41) is 0. The van der Waals surface area contributed by atoms with E-state index in [1.807, 2.05) is 0 Å². The molecule has 0 aromatic rings. The summed E-state index contributed by atoms with van der Waals surface area (Å²) in [6.45, 7) is 11.7. The van der Waals surface area contributed by atoms with Crippen LogP contribution in [-0.2, 0) is 28.5 Å². The highest BCUT2D eigenvalue weighted by Crippen LogP contribution is 2.65. The van der Waals surface area contributed by atoms with Crippen LogP contribution in [0.2, 0.25) is 0 Å². The predicted octanol–water partition coefficient (Wildman–Crippen LogP) is 6.68. The van der Waals surface area contributed by atoms with Crippen molar-refractivity contribution in [2.24, 2.45) is 40.4 Å². The molecule has 0 bridgehead atoms. The maximum Gasteiger partial charge on any atom is 0.508 e. The Morgan fingerprint density at radius 3 is 2.37 bits per heavy atom. The summed E-state index contributed by atoms with van der Waals surface area (Å²) >= 11 is 0. The van der Waals surface area contributed by atoms with Crippen LogP contribution >= 0.6 is 0 Å². The van der Waals surface area contributed by atoms with Crippen LogP contribution in [0.4, 0.5) is 9.59 Å². The first-order valence-electron chi connectivity index (χ1n) is 14.9. The quantitative estimate of drug-likeness (QED) is 0.192. The first kappa shape index (κ1) is 29.0. The number of hydrogen-bond donors (Lipinski definition) is 0. The molecule has 216 valence electrons.